The number of aryl methyl sites for hydroxylation is 2. The second-order valence-electron chi connectivity index (χ2n) is 7.58. The van der Waals surface area contributed by atoms with Gasteiger partial charge in [0, 0.05) is 18.7 Å². The van der Waals surface area contributed by atoms with Gasteiger partial charge >= 0.3 is 6.16 Å². The van der Waals surface area contributed by atoms with E-state index >= 15 is 0 Å². The zero-order valence-electron chi connectivity index (χ0n) is 18.4. The number of nitrogens with zero attached hydrogens (tertiary/aromatic N) is 1. The van der Waals surface area contributed by atoms with E-state index in [-0.39, 0.29) is 23.9 Å². The molecule has 0 saturated carbocycles. The fraction of sp³-hybridized carbons (Fsp3) is 0.269. The first-order valence-corrected chi connectivity index (χ1v) is 11.0. The highest BCUT2D eigenvalue weighted by atomic mass is 16.7. The van der Waals surface area contributed by atoms with Gasteiger partial charge in [0.2, 0.25) is 5.91 Å². The van der Waals surface area contributed by atoms with Gasteiger partial charge in [-0.05, 0) is 61.4 Å². The first-order valence-electron chi connectivity index (χ1n) is 11.0. The van der Waals surface area contributed by atoms with E-state index in [2.05, 4.69) is 39.3 Å². The van der Waals surface area contributed by atoms with Crippen LogP contribution in [0.15, 0.2) is 72.9 Å². The molecular formula is C26H28N2O5. The van der Waals surface area contributed by atoms with Crippen molar-refractivity contribution in [3.63, 3.8) is 0 Å². The number of pyridine rings is 1. The number of carboxylic acid groups (broad SMARTS) is 1. The Hall–Kier alpha value is -3.87. The van der Waals surface area contributed by atoms with Crippen LogP contribution in [0.3, 0.4) is 0 Å². The topological polar surface area (TPSA) is 97.8 Å². The van der Waals surface area contributed by atoms with E-state index in [1.54, 1.807) is 0 Å². The van der Waals surface area contributed by atoms with Gasteiger partial charge in [0.05, 0.1) is 6.61 Å². The maximum atomic E-state index is 12.2. The van der Waals surface area contributed by atoms with Gasteiger partial charge in [-0.2, -0.15) is 0 Å². The number of amides is 1. The van der Waals surface area contributed by atoms with Gasteiger partial charge in [0.1, 0.15) is 17.3 Å². The van der Waals surface area contributed by atoms with E-state index in [1.165, 1.54) is 23.9 Å². The van der Waals surface area contributed by atoms with Crippen LogP contribution >= 0.6 is 0 Å². The second-order valence-corrected chi connectivity index (χ2v) is 7.58. The molecule has 0 fully saturated rings. The molecule has 0 aliphatic heterocycles. The lowest BCUT2D eigenvalue weighted by Crippen LogP contribution is -2.13. The predicted octanol–water partition coefficient (Wildman–Crippen LogP) is 5.50. The number of unbranched alkanes of at least 4 members (excludes halogenated alkanes) is 2. The molecular weight excluding hydrogens is 420 g/mol. The molecule has 0 spiro atoms. The summed E-state index contributed by atoms with van der Waals surface area (Å²) in [7, 11) is 0. The Bertz CT molecular complexity index is 1020. The average Bonchev–Trinajstić information content (AvgIpc) is 2.81. The minimum atomic E-state index is -1.42. The molecule has 0 bridgehead atoms. The fourth-order valence-electron chi connectivity index (χ4n) is 3.30. The summed E-state index contributed by atoms with van der Waals surface area (Å²) in [6.45, 7) is 0.689. The van der Waals surface area contributed by atoms with Gasteiger partial charge in [0.25, 0.3) is 0 Å². The molecule has 3 rings (SSSR count). The molecule has 0 aliphatic rings. The van der Waals surface area contributed by atoms with E-state index in [4.69, 9.17) is 9.84 Å². The normalized spacial score (nSPS) is 10.4. The number of rotatable bonds is 12. The number of carbonyl (C=O) groups excluding carboxylic acids is 1. The molecule has 0 unspecified atom stereocenters. The summed E-state index contributed by atoms with van der Waals surface area (Å²) in [5.41, 5.74) is 2.40. The van der Waals surface area contributed by atoms with Crippen LogP contribution in [0.4, 0.5) is 10.6 Å². The van der Waals surface area contributed by atoms with Crippen molar-refractivity contribution in [2.24, 2.45) is 0 Å². The van der Waals surface area contributed by atoms with Crippen molar-refractivity contribution in [3.05, 3.63) is 84.1 Å². The van der Waals surface area contributed by atoms with Crippen molar-refractivity contribution in [2.75, 3.05) is 11.9 Å². The molecule has 2 aromatic carbocycles. The third-order valence-electron chi connectivity index (χ3n) is 4.99. The molecule has 3 aromatic rings. The number of benzene rings is 2. The van der Waals surface area contributed by atoms with Crippen molar-refractivity contribution < 1.29 is 24.2 Å². The molecule has 0 atom stereocenters. The lowest BCUT2D eigenvalue weighted by molar-refractivity contribution is -0.116. The van der Waals surface area contributed by atoms with Gasteiger partial charge in [-0.3, -0.25) is 4.79 Å². The molecule has 7 nitrogen and oxygen atoms in total. The van der Waals surface area contributed by atoms with E-state index in [1.807, 2.05) is 30.3 Å². The molecule has 1 aromatic heterocycles. The SMILES string of the molecule is O=C(CCc1ccc(OCCCCCc2ccccc2)cc1)Nc1cc(OC(=O)O)ccn1. The van der Waals surface area contributed by atoms with Crippen molar-refractivity contribution >= 4 is 17.9 Å². The smallest absolute Gasteiger partial charge is 0.494 e. The van der Waals surface area contributed by atoms with Crippen molar-refractivity contribution in [1.82, 2.24) is 4.98 Å². The molecule has 2 N–H and O–H groups in total. The largest absolute Gasteiger partial charge is 0.511 e. The van der Waals surface area contributed by atoms with E-state index in [0.29, 0.717) is 13.0 Å². The zero-order valence-corrected chi connectivity index (χ0v) is 18.4. The van der Waals surface area contributed by atoms with Crippen LogP contribution in [-0.4, -0.2) is 28.8 Å². The lowest BCUT2D eigenvalue weighted by Gasteiger charge is -2.08. The standard InChI is InChI=1S/C26H28N2O5/c29-25(28-24-19-23(16-17-27-24)33-26(30)31)15-12-21-10-13-22(14-11-21)32-18-6-2-5-9-20-7-3-1-4-8-20/h1,3-4,7-8,10-11,13-14,16-17,19H,2,5-6,9,12,15,18H2,(H,30,31)(H,27,28,29). The van der Waals surface area contributed by atoms with Crippen LogP contribution < -0.4 is 14.8 Å². The molecule has 172 valence electrons. The second kappa shape index (κ2) is 12.9. The summed E-state index contributed by atoms with van der Waals surface area (Å²) in [6, 6.07) is 21.0. The first-order chi connectivity index (χ1) is 16.1. The number of aromatic nitrogens is 1. The number of nitrogens with one attached hydrogen (secondary N) is 1. The number of hydrogen-bond acceptors (Lipinski definition) is 5. The van der Waals surface area contributed by atoms with Crippen molar-refractivity contribution in [2.45, 2.75) is 38.5 Å². The molecule has 33 heavy (non-hydrogen) atoms. The zero-order chi connectivity index (χ0) is 23.3. The first kappa shape index (κ1) is 23.8. The van der Waals surface area contributed by atoms with Crippen LogP contribution in [0, 0.1) is 0 Å². The number of carbonyl (C=O) groups is 2. The third kappa shape index (κ3) is 9.03. The van der Waals surface area contributed by atoms with Gasteiger partial charge in [-0.25, -0.2) is 9.78 Å². The Morgan fingerprint density at radius 3 is 2.36 bits per heavy atom. The Morgan fingerprint density at radius 1 is 0.848 bits per heavy atom. The van der Waals surface area contributed by atoms with Crippen LogP contribution in [-0.2, 0) is 17.6 Å². The number of ether oxygens (including phenoxy) is 2. The summed E-state index contributed by atoms with van der Waals surface area (Å²) < 4.78 is 10.4. The summed E-state index contributed by atoms with van der Waals surface area (Å²) in [4.78, 5) is 26.8. The summed E-state index contributed by atoms with van der Waals surface area (Å²) in [5, 5.41) is 11.3. The Balaban J connectivity index is 1.32. The van der Waals surface area contributed by atoms with Crippen LogP contribution in [0.2, 0.25) is 0 Å². The quantitative estimate of drug-likeness (QED) is 0.280. The highest BCUT2D eigenvalue weighted by Gasteiger charge is 2.07. The molecule has 7 heteroatoms. The van der Waals surface area contributed by atoms with Gasteiger partial charge in [-0.15, -0.1) is 0 Å². The van der Waals surface area contributed by atoms with Crippen LogP contribution in [0.1, 0.15) is 36.8 Å². The lowest BCUT2D eigenvalue weighted by atomic mass is 10.1. The number of anilines is 1. The Kier molecular flexibility index (Phi) is 9.27. The van der Waals surface area contributed by atoms with Crippen molar-refractivity contribution in [1.29, 1.82) is 0 Å². The highest BCUT2D eigenvalue weighted by Crippen LogP contribution is 2.17. The molecule has 1 heterocycles. The minimum Gasteiger partial charge on any atom is -0.494 e. The third-order valence-corrected chi connectivity index (χ3v) is 4.99. The Labute approximate surface area is 193 Å². The Morgan fingerprint density at radius 2 is 1.61 bits per heavy atom. The van der Waals surface area contributed by atoms with Crippen molar-refractivity contribution in [3.8, 4) is 11.5 Å². The van der Waals surface area contributed by atoms with Gasteiger partial charge in [0.15, 0.2) is 0 Å². The number of hydrogen-bond donors (Lipinski definition) is 2. The predicted molar refractivity (Wildman–Crippen MR) is 126 cm³/mol. The minimum absolute atomic E-state index is 0.0968. The van der Waals surface area contributed by atoms with Gasteiger partial charge in [-0.1, -0.05) is 42.5 Å². The average molecular weight is 449 g/mol. The fourth-order valence-corrected chi connectivity index (χ4v) is 3.30. The molecule has 0 saturated heterocycles. The van der Waals surface area contributed by atoms with E-state index < -0.39 is 6.16 Å². The van der Waals surface area contributed by atoms with E-state index in [9.17, 15) is 9.59 Å². The van der Waals surface area contributed by atoms with Crippen LogP contribution in [0.25, 0.3) is 0 Å². The highest BCUT2D eigenvalue weighted by molar-refractivity contribution is 5.90. The van der Waals surface area contributed by atoms with Crippen LogP contribution in [0.5, 0.6) is 11.5 Å². The summed E-state index contributed by atoms with van der Waals surface area (Å²) in [5.74, 6) is 0.947. The van der Waals surface area contributed by atoms with Gasteiger partial charge < -0.3 is 19.9 Å². The van der Waals surface area contributed by atoms with E-state index in [0.717, 1.165) is 37.0 Å². The monoisotopic (exact) mass is 448 g/mol. The molecule has 1 amide bonds. The summed E-state index contributed by atoms with van der Waals surface area (Å²) >= 11 is 0. The summed E-state index contributed by atoms with van der Waals surface area (Å²) in [6.07, 6.45) is 5.18. The maximum absolute atomic E-state index is 12.2. The molecule has 0 radical (unpaired) electrons. The molecule has 0 aliphatic carbocycles. The maximum Gasteiger partial charge on any atom is 0.511 e.